The summed E-state index contributed by atoms with van der Waals surface area (Å²) in [5.41, 5.74) is 5.79. The number of amides is 1. The van der Waals surface area contributed by atoms with Crippen LogP contribution in [-0.2, 0) is 4.74 Å². The molecule has 0 saturated heterocycles. The van der Waals surface area contributed by atoms with Gasteiger partial charge in [-0.3, -0.25) is 0 Å². The molecule has 29 heavy (non-hydrogen) atoms. The predicted molar refractivity (Wildman–Crippen MR) is 118 cm³/mol. The lowest BCUT2D eigenvalue weighted by molar-refractivity contribution is 0.143. The highest BCUT2D eigenvalue weighted by molar-refractivity contribution is 7.80. The minimum Gasteiger partial charge on any atom is -0.449 e. The van der Waals surface area contributed by atoms with Gasteiger partial charge in [-0.2, -0.15) is 0 Å². The zero-order valence-corrected chi connectivity index (χ0v) is 16.8. The van der Waals surface area contributed by atoms with Crippen LogP contribution >= 0.6 is 12.6 Å². The molecule has 4 rings (SSSR count). The SMILES string of the molecule is O=C(NCCC#Cc1ccc(S)cc1)OCC1c2ccccc2-c2ccccc21. The van der Waals surface area contributed by atoms with Crippen LogP contribution in [0.4, 0.5) is 4.79 Å². The van der Waals surface area contributed by atoms with E-state index in [9.17, 15) is 4.79 Å². The van der Waals surface area contributed by atoms with Crippen LogP contribution in [0.5, 0.6) is 0 Å². The fourth-order valence-corrected chi connectivity index (χ4v) is 3.73. The molecule has 0 atom stereocenters. The molecular formula is C25H21NO2S. The molecule has 0 aliphatic heterocycles. The predicted octanol–water partition coefficient (Wildman–Crippen LogP) is 5.26. The summed E-state index contributed by atoms with van der Waals surface area (Å²) in [5, 5.41) is 2.77. The van der Waals surface area contributed by atoms with Crippen molar-refractivity contribution in [1.82, 2.24) is 5.32 Å². The van der Waals surface area contributed by atoms with Crippen LogP contribution in [0.15, 0.2) is 77.7 Å². The molecule has 144 valence electrons. The number of carbonyl (C=O) groups excluding carboxylic acids is 1. The van der Waals surface area contributed by atoms with Gasteiger partial charge >= 0.3 is 6.09 Å². The van der Waals surface area contributed by atoms with Crippen molar-refractivity contribution in [2.75, 3.05) is 13.2 Å². The number of fused-ring (bicyclic) bond motifs is 3. The number of benzene rings is 3. The first-order valence-corrected chi connectivity index (χ1v) is 10.0. The summed E-state index contributed by atoms with van der Waals surface area (Å²) in [7, 11) is 0. The molecule has 0 radical (unpaired) electrons. The number of hydrogen-bond donors (Lipinski definition) is 2. The van der Waals surface area contributed by atoms with E-state index in [1.54, 1.807) is 0 Å². The van der Waals surface area contributed by atoms with Gasteiger partial charge in [0.25, 0.3) is 0 Å². The molecule has 1 N–H and O–H groups in total. The van der Waals surface area contributed by atoms with Crippen LogP contribution in [0, 0.1) is 11.8 Å². The van der Waals surface area contributed by atoms with Gasteiger partial charge in [-0.1, -0.05) is 60.4 Å². The Morgan fingerprint density at radius 3 is 2.21 bits per heavy atom. The molecule has 1 amide bonds. The average molecular weight is 400 g/mol. The number of alkyl carbamates (subject to hydrolysis) is 1. The van der Waals surface area contributed by atoms with Gasteiger partial charge in [0.1, 0.15) is 6.61 Å². The molecule has 0 unspecified atom stereocenters. The first kappa shape index (κ1) is 19.2. The van der Waals surface area contributed by atoms with Crippen LogP contribution < -0.4 is 5.32 Å². The number of ether oxygens (including phenoxy) is 1. The third-order valence-corrected chi connectivity index (χ3v) is 5.26. The molecule has 1 aliphatic carbocycles. The second-order valence-electron chi connectivity index (χ2n) is 6.85. The first-order valence-electron chi connectivity index (χ1n) is 9.59. The van der Waals surface area contributed by atoms with E-state index in [4.69, 9.17) is 4.74 Å². The molecule has 0 spiro atoms. The fourth-order valence-electron chi connectivity index (χ4n) is 3.59. The van der Waals surface area contributed by atoms with Gasteiger partial charge in [0, 0.05) is 29.3 Å². The third-order valence-electron chi connectivity index (χ3n) is 4.96. The Hall–Kier alpha value is -3.16. The van der Waals surface area contributed by atoms with Gasteiger partial charge in [-0.25, -0.2) is 4.79 Å². The summed E-state index contributed by atoms with van der Waals surface area (Å²) < 4.78 is 5.51. The topological polar surface area (TPSA) is 38.3 Å². The Bertz CT molecular complexity index is 1030. The van der Waals surface area contributed by atoms with E-state index in [2.05, 4.69) is 54.1 Å². The van der Waals surface area contributed by atoms with Crippen LogP contribution in [0.1, 0.15) is 29.0 Å². The summed E-state index contributed by atoms with van der Waals surface area (Å²) in [6, 6.07) is 24.3. The van der Waals surface area contributed by atoms with Gasteiger partial charge < -0.3 is 10.1 Å². The van der Waals surface area contributed by atoms with Crippen molar-refractivity contribution in [2.45, 2.75) is 17.2 Å². The minimum absolute atomic E-state index is 0.0720. The first-order chi connectivity index (χ1) is 14.2. The molecular weight excluding hydrogens is 378 g/mol. The summed E-state index contributed by atoms with van der Waals surface area (Å²) in [5.74, 6) is 6.19. The quantitative estimate of drug-likeness (QED) is 0.357. The maximum absolute atomic E-state index is 12.1. The molecule has 0 aromatic heterocycles. The van der Waals surface area contributed by atoms with E-state index < -0.39 is 6.09 Å². The molecule has 3 nitrogen and oxygen atoms in total. The Balaban J connectivity index is 1.29. The maximum atomic E-state index is 12.1. The Kier molecular flexibility index (Phi) is 5.88. The van der Waals surface area contributed by atoms with Gasteiger partial charge in [0.05, 0.1) is 0 Å². The molecule has 0 saturated carbocycles. The molecule has 0 heterocycles. The largest absolute Gasteiger partial charge is 0.449 e. The highest BCUT2D eigenvalue weighted by atomic mass is 32.1. The lowest BCUT2D eigenvalue weighted by atomic mass is 9.98. The average Bonchev–Trinajstić information content (AvgIpc) is 3.07. The van der Waals surface area contributed by atoms with Crippen LogP contribution in [0.2, 0.25) is 0 Å². The van der Waals surface area contributed by atoms with E-state index in [0.717, 1.165) is 10.5 Å². The molecule has 4 heteroatoms. The van der Waals surface area contributed by atoms with E-state index in [-0.39, 0.29) is 5.92 Å². The zero-order valence-electron chi connectivity index (χ0n) is 15.9. The van der Waals surface area contributed by atoms with Crippen molar-refractivity contribution in [1.29, 1.82) is 0 Å². The van der Waals surface area contributed by atoms with Gasteiger partial charge in [0.15, 0.2) is 0 Å². The lowest BCUT2D eigenvalue weighted by Crippen LogP contribution is -2.26. The lowest BCUT2D eigenvalue weighted by Gasteiger charge is -2.14. The van der Waals surface area contributed by atoms with Crippen LogP contribution in [0.3, 0.4) is 0 Å². The van der Waals surface area contributed by atoms with E-state index in [0.29, 0.717) is 19.6 Å². The fraction of sp³-hybridized carbons (Fsp3) is 0.160. The van der Waals surface area contributed by atoms with Gasteiger partial charge in [-0.15, -0.1) is 12.6 Å². The molecule has 1 aliphatic rings. The monoisotopic (exact) mass is 399 g/mol. The molecule has 3 aromatic rings. The highest BCUT2D eigenvalue weighted by Crippen LogP contribution is 2.44. The normalized spacial score (nSPS) is 11.8. The second kappa shape index (κ2) is 8.89. The molecule has 0 fully saturated rings. The third kappa shape index (κ3) is 4.47. The second-order valence-corrected chi connectivity index (χ2v) is 7.37. The van der Waals surface area contributed by atoms with E-state index in [1.165, 1.54) is 22.3 Å². The summed E-state index contributed by atoms with van der Waals surface area (Å²) >= 11 is 4.25. The van der Waals surface area contributed by atoms with E-state index >= 15 is 0 Å². The number of thiol groups is 1. The Morgan fingerprint density at radius 2 is 1.55 bits per heavy atom. The summed E-state index contributed by atoms with van der Waals surface area (Å²) in [4.78, 5) is 13.0. The Labute approximate surface area is 176 Å². The number of carbonyl (C=O) groups is 1. The van der Waals surface area contributed by atoms with Gasteiger partial charge in [-0.05, 0) is 46.5 Å². The number of rotatable bonds is 4. The van der Waals surface area contributed by atoms with Crippen molar-refractivity contribution < 1.29 is 9.53 Å². The van der Waals surface area contributed by atoms with Crippen LogP contribution in [0.25, 0.3) is 11.1 Å². The highest BCUT2D eigenvalue weighted by Gasteiger charge is 2.28. The zero-order chi connectivity index (χ0) is 20.1. The Morgan fingerprint density at radius 1 is 0.931 bits per heavy atom. The van der Waals surface area contributed by atoms with Crippen LogP contribution in [-0.4, -0.2) is 19.2 Å². The summed E-state index contributed by atoms with van der Waals surface area (Å²) in [6.07, 6.45) is 0.153. The van der Waals surface area contributed by atoms with E-state index in [1.807, 2.05) is 48.5 Å². The molecule has 3 aromatic carbocycles. The summed E-state index contributed by atoms with van der Waals surface area (Å²) in [6.45, 7) is 0.774. The van der Waals surface area contributed by atoms with Crippen molar-refractivity contribution in [3.8, 4) is 23.0 Å². The number of hydrogen-bond acceptors (Lipinski definition) is 3. The molecule has 0 bridgehead atoms. The van der Waals surface area contributed by atoms with Crippen molar-refractivity contribution in [3.63, 3.8) is 0 Å². The maximum Gasteiger partial charge on any atom is 0.407 e. The van der Waals surface area contributed by atoms with Crippen molar-refractivity contribution >= 4 is 18.7 Å². The minimum atomic E-state index is -0.409. The van der Waals surface area contributed by atoms with Crippen molar-refractivity contribution in [3.05, 3.63) is 89.5 Å². The van der Waals surface area contributed by atoms with Crippen molar-refractivity contribution in [2.24, 2.45) is 0 Å². The van der Waals surface area contributed by atoms with Gasteiger partial charge in [0.2, 0.25) is 0 Å². The smallest absolute Gasteiger partial charge is 0.407 e. The number of nitrogens with one attached hydrogen (secondary N) is 1. The standard InChI is InChI=1S/C25H21NO2S/c27-25(26-16-6-5-7-18-12-14-19(29)15-13-18)28-17-24-22-10-3-1-8-20(22)21-9-2-4-11-23(21)24/h1-4,8-15,24,29H,6,16-17H2,(H,26,27).